The van der Waals surface area contributed by atoms with Crippen LogP contribution in [0.25, 0.3) is 98.4 Å². The van der Waals surface area contributed by atoms with Gasteiger partial charge in [-0.2, -0.15) is 0 Å². The molecule has 8 aromatic carbocycles. The molecule has 204 valence electrons. The van der Waals surface area contributed by atoms with E-state index >= 15 is 0 Å². The summed E-state index contributed by atoms with van der Waals surface area (Å²) in [7, 11) is 0. The van der Waals surface area contributed by atoms with Gasteiger partial charge in [-0.25, -0.2) is 0 Å². The van der Waals surface area contributed by atoms with Crippen LogP contribution in [0.3, 0.4) is 0 Å². The highest BCUT2D eigenvalue weighted by Gasteiger charge is 2.20. The summed E-state index contributed by atoms with van der Waals surface area (Å²) in [6.45, 7) is 0. The van der Waals surface area contributed by atoms with Crippen LogP contribution in [-0.2, 0) is 0 Å². The highest BCUT2D eigenvalue weighted by molar-refractivity contribution is 6.27. The average Bonchev–Trinajstić information content (AvgIpc) is 3.64. The lowest BCUT2D eigenvalue weighted by molar-refractivity contribution is 0.663. The monoisotopic (exact) mass is 560 g/mol. The van der Waals surface area contributed by atoms with Gasteiger partial charge in [0, 0.05) is 21.5 Å². The topological polar surface area (TPSA) is 26.3 Å². The lowest BCUT2D eigenvalue weighted by Crippen LogP contribution is -1.91. The number of benzene rings is 8. The van der Waals surface area contributed by atoms with Crippen molar-refractivity contribution in [1.29, 1.82) is 0 Å². The van der Waals surface area contributed by atoms with Gasteiger partial charge in [0.2, 0.25) is 0 Å². The van der Waals surface area contributed by atoms with Crippen molar-refractivity contribution in [1.82, 2.24) is 0 Å². The first-order chi connectivity index (χ1) is 21.8. The van der Waals surface area contributed by atoms with Crippen LogP contribution in [0.4, 0.5) is 0 Å². The number of para-hydroxylation sites is 1. The average molecular weight is 561 g/mol. The molecule has 0 spiro atoms. The zero-order valence-corrected chi connectivity index (χ0v) is 23.7. The predicted octanol–water partition coefficient (Wildman–Crippen LogP) is 12.3. The Bertz CT molecular complexity index is 2710. The number of hydrogen-bond donors (Lipinski definition) is 0. The standard InChI is InChI=1S/C42H24O2/c1-2-12-27-25(10-1)11-9-18-28(27)40-31-15-5-3-13-29(31)39(30-14-4-6-16-32(30)40)26-20-21-36-34(24-26)42-38(44-36)23-22-37-41(42)33-17-7-8-19-35(33)43-37/h1-24H. The van der Waals surface area contributed by atoms with Crippen molar-refractivity contribution in [3.8, 4) is 22.3 Å². The smallest absolute Gasteiger partial charge is 0.136 e. The van der Waals surface area contributed by atoms with Gasteiger partial charge >= 0.3 is 0 Å². The summed E-state index contributed by atoms with van der Waals surface area (Å²) in [5.41, 5.74) is 8.46. The van der Waals surface area contributed by atoms with E-state index in [0.29, 0.717) is 0 Å². The lowest BCUT2D eigenvalue weighted by Gasteiger charge is -2.18. The fourth-order valence-electron chi connectivity index (χ4n) is 7.41. The Hall–Kier alpha value is -5.86. The number of furan rings is 2. The van der Waals surface area contributed by atoms with Gasteiger partial charge in [0.05, 0.1) is 0 Å². The van der Waals surface area contributed by atoms with Crippen molar-refractivity contribution in [3.05, 3.63) is 146 Å². The van der Waals surface area contributed by atoms with Crippen molar-refractivity contribution >= 4 is 76.2 Å². The van der Waals surface area contributed by atoms with E-state index in [1.54, 1.807) is 0 Å². The minimum absolute atomic E-state index is 0.872. The van der Waals surface area contributed by atoms with E-state index in [2.05, 4.69) is 121 Å². The fraction of sp³-hybridized carbons (Fsp3) is 0. The van der Waals surface area contributed by atoms with E-state index in [1.165, 1.54) is 54.6 Å². The third-order valence-corrected chi connectivity index (χ3v) is 9.25. The summed E-state index contributed by atoms with van der Waals surface area (Å²) in [6.07, 6.45) is 0. The highest BCUT2D eigenvalue weighted by Crippen LogP contribution is 2.47. The lowest BCUT2D eigenvalue weighted by atomic mass is 9.84. The molecule has 0 unspecified atom stereocenters. The number of hydrogen-bond acceptors (Lipinski definition) is 2. The van der Waals surface area contributed by atoms with Crippen molar-refractivity contribution in [2.45, 2.75) is 0 Å². The van der Waals surface area contributed by atoms with E-state index in [1.807, 2.05) is 24.3 Å². The second-order valence-electron chi connectivity index (χ2n) is 11.6. The third-order valence-electron chi connectivity index (χ3n) is 9.25. The van der Waals surface area contributed by atoms with E-state index in [0.717, 1.165) is 43.9 Å². The summed E-state index contributed by atoms with van der Waals surface area (Å²) < 4.78 is 12.7. The molecular weight excluding hydrogens is 536 g/mol. The highest BCUT2D eigenvalue weighted by atomic mass is 16.3. The summed E-state index contributed by atoms with van der Waals surface area (Å²) in [5.74, 6) is 0. The van der Waals surface area contributed by atoms with E-state index < -0.39 is 0 Å². The fourth-order valence-corrected chi connectivity index (χ4v) is 7.41. The number of rotatable bonds is 2. The number of fused-ring (bicyclic) bond motifs is 10. The first kappa shape index (κ1) is 23.7. The van der Waals surface area contributed by atoms with Crippen LogP contribution in [0.2, 0.25) is 0 Å². The molecule has 10 aromatic rings. The molecule has 2 heteroatoms. The Morgan fingerprint density at radius 3 is 1.52 bits per heavy atom. The molecule has 2 heterocycles. The van der Waals surface area contributed by atoms with Crippen LogP contribution in [0, 0.1) is 0 Å². The SMILES string of the molecule is c1ccc2c(-c3c4ccccc4c(-c4ccc5oc6ccc7oc8ccccc8c7c6c5c4)c4ccccc34)cccc2c1. The molecule has 0 fully saturated rings. The largest absolute Gasteiger partial charge is 0.456 e. The molecule has 2 aromatic heterocycles. The maximum Gasteiger partial charge on any atom is 0.136 e. The van der Waals surface area contributed by atoms with Crippen LogP contribution in [0.5, 0.6) is 0 Å². The van der Waals surface area contributed by atoms with Gasteiger partial charge in [-0.15, -0.1) is 0 Å². The molecule has 44 heavy (non-hydrogen) atoms. The van der Waals surface area contributed by atoms with E-state index in [-0.39, 0.29) is 0 Å². The van der Waals surface area contributed by atoms with Gasteiger partial charge in [-0.05, 0) is 84.9 Å². The zero-order chi connectivity index (χ0) is 28.8. The van der Waals surface area contributed by atoms with Gasteiger partial charge in [-0.3, -0.25) is 0 Å². The van der Waals surface area contributed by atoms with E-state index in [4.69, 9.17) is 8.83 Å². The van der Waals surface area contributed by atoms with Crippen LogP contribution in [0.15, 0.2) is 154 Å². The van der Waals surface area contributed by atoms with Gasteiger partial charge in [0.1, 0.15) is 22.3 Å². The van der Waals surface area contributed by atoms with Crippen molar-refractivity contribution in [2.24, 2.45) is 0 Å². The minimum atomic E-state index is 0.872. The molecule has 0 amide bonds. The Labute approximate surface area is 252 Å². The van der Waals surface area contributed by atoms with Crippen molar-refractivity contribution in [2.75, 3.05) is 0 Å². The summed E-state index contributed by atoms with van der Waals surface area (Å²) in [6, 6.07) is 52.0. The molecule has 0 radical (unpaired) electrons. The Morgan fingerprint density at radius 2 is 0.818 bits per heavy atom. The first-order valence-electron chi connectivity index (χ1n) is 15.0. The molecule has 0 aliphatic carbocycles. The first-order valence-corrected chi connectivity index (χ1v) is 15.0. The molecule has 0 N–H and O–H groups in total. The van der Waals surface area contributed by atoms with Crippen LogP contribution >= 0.6 is 0 Å². The Balaban J connectivity index is 1.33. The second kappa shape index (κ2) is 8.82. The van der Waals surface area contributed by atoms with E-state index in [9.17, 15) is 0 Å². The van der Waals surface area contributed by atoms with Gasteiger partial charge in [-0.1, -0.05) is 115 Å². The van der Waals surface area contributed by atoms with Crippen LogP contribution in [0.1, 0.15) is 0 Å². The molecule has 0 saturated carbocycles. The van der Waals surface area contributed by atoms with Crippen molar-refractivity contribution < 1.29 is 8.83 Å². The zero-order valence-electron chi connectivity index (χ0n) is 23.7. The van der Waals surface area contributed by atoms with Gasteiger partial charge in [0.25, 0.3) is 0 Å². The van der Waals surface area contributed by atoms with Gasteiger partial charge in [0.15, 0.2) is 0 Å². The van der Waals surface area contributed by atoms with Crippen LogP contribution in [-0.4, -0.2) is 0 Å². The molecule has 2 nitrogen and oxygen atoms in total. The maximum absolute atomic E-state index is 6.42. The van der Waals surface area contributed by atoms with Crippen LogP contribution < -0.4 is 0 Å². The summed E-state index contributed by atoms with van der Waals surface area (Å²) in [4.78, 5) is 0. The molecule has 0 bridgehead atoms. The molecule has 0 aliphatic rings. The molecule has 0 saturated heterocycles. The predicted molar refractivity (Wildman–Crippen MR) is 184 cm³/mol. The molecule has 10 rings (SSSR count). The Morgan fingerprint density at radius 1 is 0.318 bits per heavy atom. The quantitative estimate of drug-likeness (QED) is 0.197. The third kappa shape index (κ3) is 3.20. The van der Waals surface area contributed by atoms with Gasteiger partial charge < -0.3 is 8.83 Å². The molecule has 0 aliphatic heterocycles. The second-order valence-corrected chi connectivity index (χ2v) is 11.6. The van der Waals surface area contributed by atoms with Crippen molar-refractivity contribution in [3.63, 3.8) is 0 Å². The maximum atomic E-state index is 6.42. The molecular formula is C42H24O2. The minimum Gasteiger partial charge on any atom is -0.456 e. The Kier molecular flexibility index (Phi) is 4.75. The summed E-state index contributed by atoms with van der Waals surface area (Å²) >= 11 is 0. The summed E-state index contributed by atoms with van der Waals surface area (Å²) in [5, 5.41) is 11.9. The molecule has 0 atom stereocenters. The normalized spacial score (nSPS) is 12.1.